The number of carbonyl (C=O) groups is 1. The maximum absolute atomic E-state index is 12.4. The molecule has 0 heterocycles. The third-order valence-corrected chi connectivity index (χ3v) is 1.14. The SMILES string of the molecule is C=CCOC(=O)C(F)(F)C(C)(F)F. The minimum absolute atomic E-state index is 0.0534. The highest BCUT2D eigenvalue weighted by Gasteiger charge is 2.59. The lowest BCUT2D eigenvalue weighted by molar-refractivity contribution is -0.221. The zero-order chi connectivity index (χ0) is 10.7. The summed E-state index contributed by atoms with van der Waals surface area (Å²) in [6, 6.07) is 0. The Morgan fingerprint density at radius 1 is 1.46 bits per heavy atom. The first kappa shape index (κ1) is 11.9. The molecule has 0 aromatic carbocycles. The number of carbonyl (C=O) groups excluding carboxylic acids is 1. The van der Waals surface area contributed by atoms with Crippen molar-refractivity contribution in [2.45, 2.75) is 18.8 Å². The summed E-state index contributed by atoms with van der Waals surface area (Å²) in [6.07, 6.45) is 1.00. The van der Waals surface area contributed by atoms with Crippen LogP contribution in [-0.2, 0) is 9.53 Å². The summed E-state index contributed by atoms with van der Waals surface area (Å²) in [6.45, 7) is 2.49. The van der Waals surface area contributed by atoms with Crippen LogP contribution >= 0.6 is 0 Å². The number of esters is 1. The van der Waals surface area contributed by atoms with Gasteiger partial charge in [-0.2, -0.15) is 17.6 Å². The van der Waals surface area contributed by atoms with Gasteiger partial charge in [-0.05, 0) is 0 Å². The van der Waals surface area contributed by atoms with Gasteiger partial charge >= 0.3 is 17.8 Å². The number of alkyl halides is 4. The number of ether oxygens (including phenoxy) is 1. The van der Waals surface area contributed by atoms with E-state index in [4.69, 9.17) is 0 Å². The Bertz CT molecular complexity index is 207. The van der Waals surface area contributed by atoms with E-state index in [1.54, 1.807) is 0 Å². The predicted molar refractivity (Wildman–Crippen MR) is 36.7 cm³/mol. The summed E-state index contributed by atoms with van der Waals surface area (Å²) in [5.41, 5.74) is 0. The van der Waals surface area contributed by atoms with Crippen molar-refractivity contribution in [3.63, 3.8) is 0 Å². The van der Waals surface area contributed by atoms with Crippen LogP contribution in [0.5, 0.6) is 0 Å². The van der Waals surface area contributed by atoms with Crippen LogP contribution in [0.4, 0.5) is 17.6 Å². The van der Waals surface area contributed by atoms with Gasteiger partial charge in [-0.3, -0.25) is 0 Å². The fourth-order valence-corrected chi connectivity index (χ4v) is 0.404. The van der Waals surface area contributed by atoms with Crippen molar-refractivity contribution in [2.75, 3.05) is 6.61 Å². The molecule has 0 aliphatic carbocycles. The molecule has 13 heavy (non-hydrogen) atoms. The van der Waals surface area contributed by atoms with E-state index in [1.165, 1.54) is 0 Å². The lowest BCUT2D eigenvalue weighted by atomic mass is 10.2. The molecular weight excluding hydrogens is 192 g/mol. The van der Waals surface area contributed by atoms with Gasteiger partial charge in [0, 0.05) is 6.92 Å². The second kappa shape index (κ2) is 3.76. The van der Waals surface area contributed by atoms with Gasteiger partial charge in [-0.15, -0.1) is 0 Å². The quantitative estimate of drug-likeness (QED) is 0.394. The molecule has 2 nitrogen and oxygen atoms in total. The predicted octanol–water partition coefficient (Wildman–Crippen LogP) is 2.01. The van der Waals surface area contributed by atoms with E-state index in [9.17, 15) is 22.4 Å². The zero-order valence-electron chi connectivity index (χ0n) is 6.82. The summed E-state index contributed by atoms with van der Waals surface area (Å²) in [4.78, 5) is 10.4. The molecule has 0 aliphatic rings. The molecule has 0 saturated carbocycles. The van der Waals surface area contributed by atoms with Crippen LogP contribution in [0, 0.1) is 0 Å². The average Bonchev–Trinajstić information content (AvgIpc) is 1.97. The maximum Gasteiger partial charge on any atom is 0.404 e. The summed E-state index contributed by atoms with van der Waals surface area (Å²) < 4.78 is 52.8. The van der Waals surface area contributed by atoms with Crippen LogP contribution in [-0.4, -0.2) is 24.4 Å². The number of rotatable bonds is 4. The van der Waals surface area contributed by atoms with E-state index in [2.05, 4.69) is 11.3 Å². The molecule has 0 bridgehead atoms. The molecule has 0 aromatic rings. The first-order chi connectivity index (χ1) is 5.73. The molecule has 0 N–H and O–H groups in total. The van der Waals surface area contributed by atoms with E-state index in [-0.39, 0.29) is 6.92 Å². The second-order valence-electron chi connectivity index (χ2n) is 2.35. The summed E-state index contributed by atoms with van der Waals surface area (Å²) >= 11 is 0. The van der Waals surface area contributed by atoms with Crippen molar-refractivity contribution in [1.29, 1.82) is 0 Å². The van der Waals surface area contributed by atoms with Gasteiger partial charge in [-0.1, -0.05) is 12.7 Å². The highest BCUT2D eigenvalue weighted by atomic mass is 19.3. The Hall–Kier alpha value is -1.07. The van der Waals surface area contributed by atoms with Crippen molar-refractivity contribution in [3.05, 3.63) is 12.7 Å². The smallest absolute Gasteiger partial charge is 0.404 e. The molecule has 0 spiro atoms. The first-order valence-corrected chi connectivity index (χ1v) is 3.27. The van der Waals surface area contributed by atoms with Gasteiger partial charge in [0.1, 0.15) is 6.61 Å². The molecule has 0 unspecified atom stereocenters. The Morgan fingerprint density at radius 3 is 2.23 bits per heavy atom. The Kier molecular flexibility index (Phi) is 3.45. The highest BCUT2D eigenvalue weighted by Crippen LogP contribution is 2.34. The number of hydrogen-bond donors (Lipinski definition) is 0. The molecule has 0 aliphatic heterocycles. The standard InChI is InChI=1S/C7H8F4O2/c1-3-4-13-5(12)7(10,11)6(2,8)9/h3H,1,4H2,2H3. The fraction of sp³-hybridized carbons (Fsp3) is 0.571. The van der Waals surface area contributed by atoms with E-state index in [1.807, 2.05) is 0 Å². The van der Waals surface area contributed by atoms with Crippen LogP contribution in [0.3, 0.4) is 0 Å². The van der Waals surface area contributed by atoms with Crippen molar-refractivity contribution in [3.8, 4) is 0 Å². The summed E-state index contributed by atoms with van der Waals surface area (Å²) in [7, 11) is 0. The molecule has 76 valence electrons. The molecular formula is C7H8F4O2. The second-order valence-corrected chi connectivity index (χ2v) is 2.35. The molecule has 0 rings (SSSR count). The van der Waals surface area contributed by atoms with Crippen molar-refractivity contribution in [1.82, 2.24) is 0 Å². The number of halogens is 4. The van der Waals surface area contributed by atoms with Gasteiger partial charge in [0.15, 0.2) is 0 Å². The zero-order valence-corrected chi connectivity index (χ0v) is 6.82. The molecule has 0 atom stereocenters. The van der Waals surface area contributed by atoms with Crippen LogP contribution in [0.2, 0.25) is 0 Å². The third kappa shape index (κ3) is 2.71. The Labute approximate surface area is 72.2 Å². The normalized spacial score (nSPS) is 12.4. The largest absolute Gasteiger partial charge is 0.457 e. The minimum atomic E-state index is -4.80. The van der Waals surface area contributed by atoms with Gasteiger partial charge in [-0.25, -0.2) is 4.79 Å². The molecule has 0 fully saturated rings. The monoisotopic (exact) mass is 200 g/mol. The van der Waals surface area contributed by atoms with Gasteiger partial charge < -0.3 is 4.74 Å². The molecule has 0 amide bonds. The topological polar surface area (TPSA) is 26.3 Å². The minimum Gasteiger partial charge on any atom is -0.457 e. The first-order valence-electron chi connectivity index (χ1n) is 3.27. The van der Waals surface area contributed by atoms with Crippen molar-refractivity contribution < 1.29 is 27.1 Å². The van der Waals surface area contributed by atoms with E-state index in [0.29, 0.717) is 0 Å². The van der Waals surface area contributed by atoms with Gasteiger partial charge in [0.25, 0.3) is 0 Å². The highest BCUT2D eigenvalue weighted by molar-refractivity contribution is 5.78. The maximum atomic E-state index is 12.4. The average molecular weight is 200 g/mol. The van der Waals surface area contributed by atoms with E-state index >= 15 is 0 Å². The van der Waals surface area contributed by atoms with Crippen LogP contribution in [0.1, 0.15) is 6.92 Å². The number of hydrogen-bond acceptors (Lipinski definition) is 2. The fourth-order valence-electron chi connectivity index (χ4n) is 0.404. The van der Waals surface area contributed by atoms with Crippen molar-refractivity contribution in [2.24, 2.45) is 0 Å². The summed E-state index contributed by atoms with van der Waals surface area (Å²) in [5.74, 6) is -11.5. The Morgan fingerprint density at radius 2 is 1.92 bits per heavy atom. The molecule has 0 saturated heterocycles. The van der Waals surface area contributed by atoms with Gasteiger partial charge in [0.2, 0.25) is 0 Å². The molecule has 0 aromatic heterocycles. The third-order valence-electron chi connectivity index (χ3n) is 1.14. The van der Waals surface area contributed by atoms with E-state index in [0.717, 1.165) is 6.08 Å². The van der Waals surface area contributed by atoms with Crippen LogP contribution in [0.15, 0.2) is 12.7 Å². The lowest BCUT2D eigenvalue weighted by Gasteiger charge is -2.20. The summed E-state index contributed by atoms with van der Waals surface area (Å²) in [5, 5.41) is 0. The van der Waals surface area contributed by atoms with E-state index < -0.39 is 24.4 Å². The van der Waals surface area contributed by atoms with Crippen molar-refractivity contribution >= 4 is 5.97 Å². The van der Waals surface area contributed by atoms with Crippen LogP contribution < -0.4 is 0 Å². The lowest BCUT2D eigenvalue weighted by Crippen LogP contribution is -2.46. The van der Waals surface area contributed by atoms with Gasteiger partial charge in [0.05, 0.1) is 0 Å². The molecule has 0 radical (unpaired) electrons. The molecule has 6 heteroatoms. The van der Waals surface area contributed by atoms with Crippen LogP contribution in [0.25, 0.3) is 0 Å². The Balaban J connectivity index is 4.45.